The predicted octanol–water partition coefficient (Wildman–Crippen LogP) is 1.52. The standard InChI is InChI=1S/C12H24N2O2/c1-9-7-14(8-10(2)13(9)6)16-11(15)12(3,4)5/h9-10H,7-8H2,1-6H3. The van der Waals surface area contributed by atoms with Crippen molar-refractivity contribution in [1.29, 1.82) is 0 Å². The maximum absolute atomic E-state index is 11.8. The largest absolute Gasteiger partial charge is 0.367 e. The summed E-state index contributed by atoms with van der Waals surface area (Å²) in [6.45, 7) is 11.5. The zero-order valence-corrected chi connectivity index (χ0v) is 11.3. The molecule has 4 nitrogen and oxygen atoms in total. The average molecular weight is 228 g/mol. The fourth-order valence-corrected chi connectivity index (χ4v) is 1.68. The molecule has 1 aliphatic heterocycles. The minimum atomic E-state index is -0.435. The summed E-state index contributed by atoms with van der Waals surface area (Å²) in [5.41, 5.74) is -0.435. The van der Waals surface area contributed by atoms with Crippen LogP contribution >= 0.6 is 0 Å². The van der Waals surface area contributed by atoms with Gasteiger partial charge in [0.05, 0.1) is 18.5 Å². The van der Waals surface area contributed by atoms with E-state index in [1.807, 2.05) is 20.8 Å². The Labute approximate surface area is 98.5 Å². The topological polar surface area (TPSA) is 32.8 Å². The normalized spacial score (nSPS) is 29.1. The third-order valence-corrected chi connectivity index (χ3v) is 3.15. The van der Waals surface area contributed by atoms with Crippen molar-refractivity contribution in [2.24, 2.45) is 5.41 Å². The molecule has 0 aliphatic carbocycles. The van der Waals surface area contributed by atoms with Crippen LogP contribution in [0.15, 0.2) is 0 Å². The van der Waals surface area contributed by atoms with E-state index in [4.69, 9.17) is 4.84 Å². The van der Waals surface area contributed by atoms with Crippen LogP contribution in [0, 0.1) is 5.41 Å². The van der Waals surface area contributed by atoms with Crippen LogP contribution < -0.4 is 0 Å². The van der Waals surface area contributed by atoms with Crippen molar-refractivity contribution in [3.05, 3.63) is 0 Å². The first-order valence-electron chi connectivity index (χ1n) is 5.91. The summed E-state index contributed by atoms with van der Waals surface area (Å²) in [6.07, 6.45) is 0. The van der Waals surface area contributed by atoms with Crippen molar-refractivity contribution < 1.29 is 9.63 Å². The third-order valence-electron chi connectivity index (χ3n) is 3.15. The zero-order chi connectivity index (χ0) is 12.5. The molecule has 0 spiro atoms. The number of likely N-dealkylation sites (N-methyl/N-ethyl adjacent to an activating group) is 1. The fraction of sp³-hybridized carbons (Fsp3) is 0.917. The lowest BCUT2D eigenvalue weighted by molar-refractivity contribution is -0.214. The van der Waals surface area contributed by atoms with Gasteiger partial charge >= 0.3 is 5.97 Å². The molecule has 4 heteroatoms. The van der Waals surface area contributed by atoms with E-state index in [2.05, 4.69) is 25.8 Å². The van der Waals surface area contributed by atoms with Gasteiger partial charge in [0.15, 0.2) is 0 Å². The Bertz CT molecular complexity index is 248. The molecule has 1 rings (SSSR count). The molecule has 94 valence electrons. The van der Waals surface area contributed by atoms with Crippen molar-refractivity contribution in [3.8, 4) is 0 Å². The van der Waals surface area contributed by atoms with Gasteiger partial charge < -0.3 is 4.84 Å². The van der Waals surface area contributed by atoms with E-state index in [0.717, 1.165) is 13.1 Å². The van der Waals surface area contributed by atoms with Crippen LogP contribution in [0.25, 0.3) is 0 Å². The van der Waals surface area contributed by atoms with Crippen molar-refractivity contribution in [2.75, 3.05) is 20.1 Å². The van der Waals surface area contributed by atoms with Crippen molar-refractivity contribution in [1.82, 2.24) is 9.96 Å². The molecule has 16 heavy (non-hydrogen) atoms. The van der Waals surface area contributed by atoms with E-state index < -0.39 is 5.41 Å². The number of rotatable bonds is 1. The first-order chi connectivity index (χ1) is 7.21. The first kappa shape index (κ1) is 13.5. The lowest BCUT2D eigenvalue weighted by Crippen LogP contribution is -2.55. The second kappa shape index (κ2) is 4.72. The summed E-state index contributed by atoms with van der Waals surface area (Å²) in [6, 6.07) is 0.827. The highest BCUT2D eigenvalue weighted by Crippen LogP contribution is 2.19. The van der Waals surface area contributed by atoms with E-state index in [1.165, 1.54) is 0 Å². The molecule has 1 heterocycles. The lowest BCUT2D eigenvalue weighted by Gasteiger charge is -2.41. The molecule has 0 bridgehead atoms. The number of nitrogens with zero attached hydrogens (tertiary/aromatic N) is 2. The van der Waals surface area contributed by atoms with Crippen LogP contribution in [-0.4, -0.2) is 48.2 Å². The number of piperazine rings is 1. The van der Waals surface area contributed by atoms with Crippen molar-refractivity contribution in [3.63, 3.8) is 0 Å². The molecule has 1 fully saturated rings. The Morgan fingerprint density at radius 2 is 1.62 bits per heavy atom. The van der Waals surface area contributed by atoms with Gasteiger partial charge in [-0.15, -0.1) is 5.06 Å². The fourth-order valence-electron chi connectivity index (χ4n) is 1.68. The summed E-state index contributed by atoms with van der Waals surface area (Å²) >= 11 is 0. The molecule has 0 radical (unpaired) electrons. The molecule has 0 aromatic carbocycles. The van der Waals surface area contributed by atoms with Crippen LogP contribution in [-0.2, 0) is 9.63 Å². The van der Waals surface area contributed by atoms with Crippen molar-refractivity contribution >= 4 is 5.97 Å². The number of hydrogen-bond donors (Lipinski definition) is 0. The molecule has 0 aromatic rings. The van der Waals surface area contributed by atoms with E-state index in [9.17, 15) is 4.79 Å². The minimum absolute atomic E-state index is 0.156. The van der Waals surface area contributed by atoms with Gasteiger partial charge in [0.2, 0.25) is 0 Å². The van der Waals surface area contributed by atoms with Crippen LogP contribution in [0.2, 0.25) is 0 Å². The summed E-state index contributed by atoms with van der Waals surface area (Å²) in [5, 5.41) is 1.79. The molecule has 0 saturated carbocycles. The van der Waals surface area contributed by atoms with Crippen LogP contribution in [0.3, 0.4) is 0 Å². The van der Waals surface area contributed by atoms with Gasteiger partial charge in [0, 0.05) is 12.1 Å². The third kappa shape index (κ3) is 3.19. The summed E-state index contributed by atoms with van der Waals surface area (Å²) in [7, 11) is 2.11. The number of hydroxylamine groups is 2. The van der Waals surface area contributed by atoms with E-state index >= 15 is 0 Å². The van der Waals surface area contributed by atoms with Gasteiger partial charge in [-0.05, 0) is 41.7 Å². The zero-order valence-electron chi connectivity index (χ0n) is 11.3. The molecule has 0 amide bonds. The smallest absolute Gasteiger partial charge is 0.330 e. The summed E-state index contributed by atoms with van der Waals surface area (Å²) < 4.78 is 0. The van der Waals surface area contributed by atoms with Crippen LogP contribution in [0.4, 0.5) is 0 Å². The number of hydrogen-bond acceptors (Lipinski definition) is 4. The van der Waals surface area contributed by atoms with Gasteiger partial charge in [-0.1, -0.05) is 0 Å². The molecule has 2 atom stereocenters. The Hall–Kier alpha value is -0.610. The second-order valence-electron chi connectivity index (χ2n) is 5.84. The SMILES string of the molecule is CC1CN(OC(=O)C(C)(C)C)CC(C)N1C. The second-order valence-corrected chi connectivity index (χ2v) is 5.84. The molecule has 2 unspecified atom stereocenters. The Morgan fingerprint density at radius 3 is 2.00 bits per heavy atom. The maximum Gasteiger partial charge on any atom is 0.330 e. The highest BCUT2D eigenvalue weighted by atomic mass is 16.7. The van der Waals surface area contributed by atoms with Crippen molar-refractivity contribution in [2.45, 2.75) is 46.7 Å². The molecule has 1 saturated heterocycles. The van der Waals surface area contributed by atoms with Gasteiger partial charge in [-0.2, -0.15) is 0 Å². The minimum Gasteiger partial charge on any atom is -0.367 e. The molecule has 0 aromatic heterocycles. The summed E-state index contributed by atoms with van der Waals surface area (Å²) in [4.78, 5) is 19.5. The van der Waals surface area contributed by atoms with E-state index in [0.29, 0.717) is 12.1 Å². The van der Waals surface area contributed by atoms with Gasteiger partial charge in [-0.3, -0.25) is 4.90 Å². The molecular weight excluding hydrogens is 204 g/mol. The first-order valence-corrected chi connectivity index (χ1v) is 5.91. The van der Waals surface area contributed by atoms with Gasteiger partial charge in [0.1, 0.15) is 0 Å². The molecule has 0 N–H and O–H groups in total. The van der Waals surface area contributed by atoms with Crippen LogP contribution in [0.1, 0.15) is 34.6 Å². The molecular formula is C12H24N2O2. The molecule has 1 aliphatic rings. The van der Waals surface area contributed by atoms with Crippen LogP contribution in [0.5, 0.6) is 0 Å². The maximum atomic E-state index is 11.8. The highest BCUT2D eigenvalue weighted by molar-refractivity contribution is 5.75. The highest BCUT2D eigenvalue weighted by Gasteiger charge is 2.31. The van der Waals surface area contributed by atoms with Gasteiger partial charge in [0.25, 0.3) is 0 Å². The van der Waals surface area contributed by atoms with E-state index in [-0.39, 0.29) is 5.97 Å². The average Bonchev–Trinajstić information content (AvgIpc) is 2.12. The Kier molecular flexibility index (Phi) is 3.97. The Morgan fingerprint density at radius 1 is 1.19 bits per heavy atom. The van der Waals surface area contributed by atoms with E-state index in [1.54, 1.807) is 5.06 Å². The summed E-state index contributed by atoms with van der Waals surface area (Å²) in [5.74, 6) is -0.156. The lowest BCUT2D eigenvalue weighted by atomic mass is 9.98. The quantitative estimate of drug-likeness (QED) is 0.681. The van der Waals surface area contributed by atoms with Gasteiger partial charge in [-0.25, -0.2) is 4.79 Å². The monoisotopic (exact) mass is 228 g/mol. The number of carbonyl (C=O) groups excluding carboxylic acids is 1. The Balaban J connectivity index is 2.54. The number of carbonyl (C=O) groups is 1. The predicted molar refractivity (Wildman–Crippen MR) is 63.8 cm³/mol.